The summed E-state index contributed by atoms with van der Waals surface area (Å²) < 4.78 is 5.29. The van der Waals surface area contributed by atoms with Gasteiger partial charge in [0.1, 0.15) is 5.00 Å². The molecule has 2 nitrogen and oxygen atoms in total. The molecule has 16 heavy (non-hydrogen) atoms. The molecule has 0 atom stereocenters. The molecular formula is C12H12ClNOS. The zero-order valence-corrected chi connectivity index (χ0v) is 10.7. The molecule has 4 heteroatoms. The Kier molecular flexibility index (Phi) is 3.36. The number of hydrogen-bond donors (Lipinski definition) is 0. The Labute approximate surface area is 104 Å². The monoisotopic (exact) mass is 253 g/mol. The molecule has 1 aromatic heterocycles. The van der Waals surface area contributed by atoms with Crippen LogP contribution in [0, 0.1) is 0 Å². The van der Waals surface area contributed by atoms with Crippen molar-refractivity contribution in [3.63, 3.8) is 0 Å². The van der Waals surface area contributed by atoms with Crippen molar-refractivity contribution in [3.05, 3.63) is 40.7 Å². The summed E-state index contributed by atoms with van der Waals surface area (Å²) in [5, 5.41) is 3.79. The van der Waals surface area contributed by atoms with Gasteiger partial charge in [0, 0.05) is 7.05 Å². The fraction of sp³-hybridized carbons (Fsp3) is 0.167. The van der Waals surface area contributed by atoms with Crippen LogP contribution >= 0.6 is 22.9 Å². The van der Waals surface area contributed by atoms with Crippen LogP contribution in [0.4, 0.5) is 10.7 Å². The number of nitrogens with zero attached hydrogens (tertiary/aromatic N) is 1. The van der Waals surface area contributed by atoms with Gasteiger partial charge in [0.2, 0.25) is 0 Å². The summed E-state index contributed by atoms with van der Waals surface area (Å²) >= 11 is 7.78. The van der Waals surface area contributed by atoms with Crippen molar-refractivity contribution in [3.8, 4) is 5.75 Å². The average Bonchev–Trinajstić information content (AvgIpc) is 2.77. The molecule has 0 spiro atoms. The first-order valence-electron chi connectivity index (χ1n) is 4.83. The summed E-state index contributed by atoms with van der Waals surface area (Å²) in [6.07, 6.45) is 0. The zero-order chi connectivity index (χ0) is 11.5. The summed E-state index contributed by atoms with van der Waals surface area (Å²) in [4.78, 5) is 2.03. The van der Waals surface area contributed by atoms with Crippen LogP contribution in [0.25, 0.3) is 0 Å². The highest BCUT2D eigenvalue weighted by atomic mass is 35.5. The van der Waals surface area contributed by atoms with E-state index in [4.69, 9.17) is 16.3 Å². The molecule has 2 rings (SSSR count). The maximum absolute atomic E-state index is 6.15. The van der Waals surface area contributed by atoms with E-state index >= 15 is 0 Å². The third-order valence-corrected chi connectivity index (χ3v) is 3.64. The lowest BCUT2D eigenvalue weighted by Crippen LogP contribution is -2.09. The summed E-state index contributed by atoms with van der Waals surface area (Å²) in [7, 11) is 3.65. The highest BCUT2D eigenvalue weighted by Crippen LogP contribution is 2.39. The van der Waals surface area contributed by atoms with Crippen LogP contribution in [-0.2, 0) is 0 Å². The highest BCUT2D eigenvalue weighted by molar-refractivity contribution is 7.14. The van der Waals surface area contributed by atoms with Crippen LogP contribution in [0.2, 0.25) is 5.02 Å². The lowest BCUT2D eigenvalue weighted by atomic mass is 10.3. The van der Waals surface area contributed by atoms with Crippen LogP contribution in [0.3, 0.4) is 0 Å². The first kappa shape index (κ1) is 11.3. The number of benzene rings is 1. The molecule has 1 heterocycles. The number of methoxy groups -OCH3 is 1. The molecule has 0 unspecified atom stereocenters. The van der Waals surface area contributed by atoms with Gasteiger partial charge in [-0.3, -0.25) is 0 Å². The number of ether oxygens (including phenoxy) is 1. The third-order valence-electron chi connectivity index (χ3n) is 2.35. The second kappa shape index (κ2) is 4.76. The minimum atomic E-state index is 0.737. The Morgan fingerprint density at radius 3 is 2.69 bits per heavy atom. The van der Waals surface area contributed by atoms with Crippen molar-refractivity contribution >= 4 is 33.6 Å². The van der Waals surface area contributed by atoms with Gasteiger partial charge in [-0.2, -0.15) is 0 Å². The Morgan fingerprint density at radius 1 is 1.25 bits per heavy atom. The molecule has 0 radical (unpaired) electrons. The minimum absolute atomic E-state index is 0.737. The van der Waals surface area contributed by atoms with Gasteiger partial charge >= 0.3 is 0 Å². The van der Waals surface area contributed by atoms with Crippen molar-refractivity contribution < 1.29 is 4.74 Å². The molecule has 1 aromatic carbocycles. The number of halogens is 1. The van der Waals surface area contributed by atoms with Crippen molar-refractivity contribution in [2.75, 3.05) is 19.1 Å². The molecule has 0 fully saturated rings. The smallest absolute Gasteiger partial charge is 0.153 e. The van der Waals surface area contributed by atoms with Crippen LogP contribution in [-0.4, -0.2) is 14.2 Å². The van der Waals surface area contributed by atoms with E-state index in [-0.39, 0.29) is 0 Å². The quantitative estimate of drug-likeness (QED) is 0.814. The van der Waals surface area contributed by atoms with E-state index in [1.807, 2.05) is 47.7 Å². The van der Waals surface area contributed by atoms with Gasteiger partial charge in [-0.15, -0.1) is 11.3 Å². The van der Waals surface area contributed by atoms with E-state index in [0.29, 0.717) is 0 Å². The second-order valence-electron chi connectivity index (χ2n) is 3.30. The van der Waals surface area contributed by atoms with Gasteiger partial charge in [0.15, 0.2) is 5.75 Å². The number of para-hydroxylation sites is 1. The lowest BCUT2D eigenvalue weighted by molar-refractivity contribution is 0.417. The molecule has 2 aromatic rings. The van der Waals surface area contributed by atoms with Gasteiger partial charge in [-0.25, -0.2) is 0 Å². The predicted molar refractivity (Wildman–Crippen MR) is 70.4 cm³/mol. The molecule has 0 aliphatic carbocycles. The van der Waals surface area contributed by atoms with Crippen molar-refractivity contribution in [1.82, 2.24) is 0 Å². The van der Waals surface area contributed by atoms with Crippen LogP contribution in [0.5, 0.6) is 5.75 Å². The molecule has 0 amide bonds. The highest BCUT2D eigenvalue weighted by Gasteiger charge is 2.13. The lowest BCUT2D eigenvalue weighted by Gasteiger charge is -2.19. The van der Waals surface area contributed by atoms with E-state index in [0.717, 1.165) is 21.5 Å². The largest absolute Gasteiger partial charge is 0.494 e. The molecular weight excluding hydrogens is 242 g/mol. The summed E-state index contributed by atoms with van der Waals surface area (Å²) in [6.45, 7) is 0. The van der Waals surface area contributed by atoms with E-state index in [1.165, 1.54) is 0 Å². The van der Waals surface area contributed by atoms with Crippen molar-refractivity contribution in [1.29, 1.82) is 0 Å². The van der Waals surface area contributed by atoms with Gasteiger partial charge < -0.3 is 9.64 Å². The summed E-state index contributed by atoms with van der Waals surface area (Å²) in [5.41, 5.74) is 0.977. The Bertz CT molecular complexity index is 483. The van der Waals surface area contributed by atoms with Gasteiger partial charge in [-0.05, 0) is 23.6 Å². The fourth-order valence-corrected chi connectivity index (χ4v) is 2.63. The van der Waals surface area contributed by atoms with E-state index in [1.54, 1.807) is 18.4 Å². The fourth-order valence-electron chi connectivity index (χ4n) is 1.52. The minimum Gasteiger partial charge on any atom is -0.494 e. The topological polar surface area (TPSA) is 12.5 Å². The summed E-state index contributed by atoms with van der Waals surface area (Å²) in [5.74, 6) is 0.868. The first-order valence-corrected chi connectivity index (χ1v) is 6.09. The molecule has 0 saturated carbocycles. The number of thiophene rings is 1. The third kappa shape index (κ3) is 2.01. The molecule has 0 N–H and O–H groups in total. The summed E-state index contributed by atoms with van der Waals surface area (Å²) in [6, 6.07) is 9.71. The Morgan fingerprint density at radius 2 is 2.00 bits per heavy atom. The van der Waals surface area contributed by atoms with Crippen LogP contribution in [0.1, 0.15) is 0 Å². The van der Waals surface area contributed by atoms with Gasteiger partial charge in [0.05, 0.1) is 17.8 Å². The molecule has 84 valence electrons. The number of anilines is 2. The normalized spacial score (nSPS) is 10.2. The Balaban J connectivity index is 2.39. The van der Waals surface area contributed by atoms with E-state index in [9.17, 15) is 0 Å². The zero-order valence-electron chi connectivity index (χ0n) is 9.11. The standard InChI is InChI=1S/C12H12ClNOS/c1-14(10-6-4-3-5-9(10)13)12-11(15-2)7-8-16-12/h3-8H,1-2H3. The molecule has 0 aliphatic rings. The Hall–Kier alpha value is -1.19. The first-order chi connectivity index (χ1) is 7.74. The number of rotatable bonds is 3. The molecule has 0 aliphatic heterocycles. The van der Waals surface area contributed by atoms with E-state index < -0.39 is 0 Å². The maximum atomic E-state index is 6.15. The number of hydrogen-bond acceptors (Lipinski definition) is 3. The predicted octanol–water partition coefficient (Wildman–Crippen LogP) is 4.18. The van der Waals surface area contributed by atoms with Crippen molar-refractivity contribution in [2.45, 2.75) is 0 Å². The molecule has 0 bridgehead atoms. The van der Waals surface area contributed by atoms with Crippen LogP contribution < -0.4 is 9.64 Å². The van der Waals surface area contributed by atoms with Gasteiger partial charge in [-0.1, -0.05) is 23.7 Å². The van der Waals surface area contributed by atoms with E-state index in [2.05, 4.69) is 0 Å². The SMILES string of the molecule is COc1ccsc1N(C)c1ccccc1Cl. The maximum Gasteiger partial charge on any atom is 0.153 e. The van der Waals surface area contributed by atoms with Gasteiger partial charge in [0.25, 0.3) is 0 Å². The van der Waals surface area contributed by atoms with Crippen LogP contribution in [0.15, 0.2) is 35.7 Å². The molecule has 0 saturated heterocycles. The average molecular weight is 254 g/mol. The second-order valence-corrected chi connectivity index (χ2v) is 4.61. The van der Waals surface area contributed by atoms with Crippen molar-refractivity contribution in [2.24, 2.45) is 0 Å².